The molecule has 0 aliphatic carbocycles. The molecule has 0 saturated heterocycles. The van der Waals surface area contributed by atoms with Gasteiger partial charge in [0, 0.05) is 12.4 Å². The summed E-state index contributed by atoms with van der Waals surface area (Å²) in [7, 11) is 0. The van der Waals surface area contributed by atoms with Crippen LogP contribution in [0.3, 0.4) is 0 Å². The standard InChI is InChI=1S/C15H11NO2S/c17-15(14-4-2-10-19-14)16-8-7-12(11-16)5-6-13-3-1-9-18-13/h1-11H/b6-5+. The Kier molecular flexibility index (Phi) is 3.16. The summed E-state index contributed by atoms with van der Waals surface area (Å²) < 4.78 is 6.80. The van der Waals surface area contributed by atoms with Crippen LogP contribution in [0.2, 0.25) is 0 Å². The second-order valence-electron chi connectivity index (χ2n) is 3.98. The summed E-state index contributed by atoms with van der Waals surface area (Å²) in [4.78, 5) is 12.8. The highest BCUT2D eigenvalue weighted by Gasteiger charge is 2.08. The van der Waals surface area contributed by atoms with E-state index in [9.17, 15) is 4.79 Å². The van der Waals surface area contributed by atoms with Crippen LogP contribution in [0.25, 0.3) is 12.2 Å². The van der Waals surface area contributed by atoms with Crippen molar-refractivity contribution in [2.75, 3.05) is 0 Å². The third-order valence-corrected chi connectivity index (χ3v) is 3.52. The van der Waals surface area contributed by atoms with Crippen LogP contribution >= 0.6 is 11.3 Å². The smallest absolute Gasteiger partial charge is 0.271 e. The molecule has 3 aromatic rings. The molecule has 0 aromatic carbocycles. The molecule has 0 saturated carbocycles. The lowest BCUT2D eigenvalue weighted by molar-refractivity contribution is 0.0964. The Labute approximate surface area is 114 Å². The van der Waals surface area contributed by atoms with E-state index in [2.05, 4.69) is 0 Å². The van der Waals surface area contributed by atoms with E-state index in [0.717, 1.165) is 16.2 Å². The molecular formula is C15H11NO2S. The number of rotatable bonds is 3. The van der Waals surface area contributed by atoms with Crippen molar-refractivity contribution >= 4 is 29.4 Å². The Bertz CT molecular complexity index is 690. The number of furan rings is 1. The highest BCUT2D eigenvalue weighted by molar-refractivity contribution is 7.12. The largest absolute Gasteiger partial charge is 0.465 e. The zero-order chi connectivity index (χ0) is 13.1. The van der Waals surface area contributed by atoms with Crippen molar-refractivity contribution in [2.24, 2.45) is 0 Å². The van der Waals surface area contributed by atoms with Gasteiger partial charge < -0.3 is 4.42 Å². The molecule has 0 spiro atoms. The number of hydrogen-bond donors (Lipinski definition) is 0. The highest BCUT2D eigenvalue weighted by atomic mass is 32.1. The lowest BCUT2D eigenvalue weighted by Gasteiger charge is -1.96. The zero-order valence-corrected chi connectivity index (χ0v) is 10.8. The first kappa shape index (κ1) is 11.7. The van der Waals surface area contributed by atoms with Crippen molar-refractivity contribution in [3.63, 3.8) is 0 Å². The SMILES string of the molecule is O=C(c1cccs1)n1ccc(/C=C/c2ccco2)c1. The van der Waals surface area contributed by atoms with Gasteiger partial charge >= 0.3 is 0 Å². The molecule has 19 heavy (non-hydrogen) atoms. The van der Waals surface area contributed by atoms with Crippen molar-refractivity contribution < 1.29 is 9.21 Å². The number of hydrogen-bond acceptors (Lipinski definition) is 3. The third kappa shape index (κ3) is 2.58. The molecule has 3 heterocycles. The minimum atomic E-state index is -0.00681. The molecule has 3 rings (SSSR count). The van der Waals surface area contributed by atoms with Gasteiger partial charge in [-0.2, -0.15) is 0 Å². The molecule has 0 aliphatic heterocycles. The van der Waals surface area contributed by atoms with Gasteiger partial charge in [0.15, 0.2) is 0 Å². The average molecular weight is 269 g/mol. The number of carbonyl (C=O) groups excluding carboxylic acids is 1. The van der Waals surface area contributed by atoms with Gasteiger partial charge in [0.05, 0.1) is 11.1 Å². The molecular weight excluding hydrogens is 258 g/mol. The van der Waals surface area contributed by atoms with Crippen LogP contribution in [0.4, 0.5) is 0 Å². The maximum atomic E-state index is 12.1. The molecule has 0 atom stereocenters. The Morgan fingerprint density at radius 1 is 1.21 bits per heavy atom. The van der Waals surface area contributed by atoms with Gasteiger partial charge in [0.25, 0.3) is 5.91 Å². The second kappa shape index (κ2) is 5.12. The Hall–Kier alpha value is -2.33. The van der Waals surface area contributed by atoms with Gasteiger partial charge in [-0.25, -0.2) is 0 Å². The van der Waals surface area contributed by atoms with E-state index >= 15 is 0 Å². The molecule has 0 aliphatic rings. The zero-order valence-electron chi connectivity index (χ0n) is 10.0. The predicted molar refractivity (Wildman–Crippen MR) is 76.1 cm³/mol. The lowest BCUT2D eigenvalue weighted by atomic mass is 10.3. The third-order valence-electron chi connectivity index (χ3n) is 2.67. The summed E-state index contributed by atoms with van der Waals surface area (Å²) in [6, 6.07) is 9.31. The van der Waals surface area contributed by atoms with E-state index in [1.807, 2.05) is 54.1 Å². The minimum absolute atomic E-state index is 0.00681. The summed E-state index contributed by atoms with van der Waals surface area (Å²) in [6.07, 6.45) is 8.99. The van der Waals surface area contributed by atoms with Gasteiger partial charge in [-0.15, -0.1) is 11.3 Å². The van der Waals surface area contributed by atoms with E-state index in [0.29, 0.717) is 0 Å². The first-order valence-electron chi connectivity index (χ1n) is 5.81. The Morgan fingerprint density at radius 3 is 2.89 bits per heavy atom. The van der Waals surface area contributed by atoms with Crippen molar-refractivity contribution in [1.29, 1.82) is 0 Å². The molecule has 0 bridgehead atoms. The van der Waals surface area contributed by atoms with Crippen LogP contribution in [0.15, 0.2) is 58.8 Å². The normalized spacial score (nSPS) is 11.2. The summed E-state index contributed by atoms with van der Waals surface area (Å²) in [6.45, 7) is 0. The second-order valence-corrected chi connectivity index (χ2v) is 4.93. The maximum absolute atomic E-state index is 12.1. The van der Waals surface area contributed by atoms with Crippen molar-refractivity contribution in [3.8, 4) is 0 Å². The van der Waals surface area contributed by atoms with Gasteiger partial charge in [0.2, 0.25) is 0 Å². The average Bonchev–Trinajstić information content (AvgIpc) is 3.16. The molecule has 0 amide bonds. The fourth-order valence-electron chi connectivity index (χ4n) is 1.73. The van der Waals surface area contributed by atoms with E-state index in [4.69, 9.17) is 4.42 Å². The van der Waals surface area contributed by atoms with Crippen LogP contribution in [0.1, 0.15) is 21.0 Å². The maximum Gasteiger partial charge on any atom is 0.271 e. The van der Waals surface area contributed by atoms with Crippen LogP contribution < -0.4 is 0 Å². The fourth-order valence-corrected chi connectivity index (χ4v) is 2.40. The summed E-state index contributed by atoms with van der Waals surface area (Å²) >= 11 is 1.44. The van der Waals surface area contributed by atoms with E-state index in [-0.39, 0.29) is 5.91 Å². The topological polar surface area (TPSA) is 35.1 Å². The van der Waals surface area contributed by atoms with Crippen LogP contribution in [0.5, 0.6) is 0 Å². The first-order valence-corrected chi connectivity index (χ1v) is 6.69. The van der Waals surface area contributed by atoms with E-state index in [1.54, 1.807) is 17.0 Å². The molecule has 0 fully saturated rings. The van der Waals surface area contributed by atoms with Crippen LogP contribution in [0, 0.1) is 0 Å². The molecule has 94 valence electrons. The van der Waals surface area contributed by atoms with Gasteiger partial charge in [-0.05, 0) is 47.4 Å². The van der Waals surface area contributed by atoms with Gasteiger partial charge in [-0.1, -0.05) is 6.07 Å². The monoisotopic (exact) mass is 269 g/mol. The Morgan fingerprint density at radius 2 is 2.16 bits per heavy atom. The quantitative estimate of drug-likeness (QED) is 0.720. The predicted octanol–water partition coefficient (Wildman–Crippen LogP) is 4.00. The molecule has 0 radical (unpaired) electrons. The lowest BCUT2D eigenvalue weighted by Crippen LogP contribution is -2.07. The fraction of sp³-hybridized carbons (Fsp3) is 0. The first-order chi connectivity index (χ1) is 9.33. The van der Waals surface area contributed by atoms with Crippen molar-refractivity contribution in [1.82, 2.24) is 4.57 Å². The summed E-state index contributed by atoms with van der Waals surface area (Å²) in [5.41, 5.74) is 0.960. The molecule has 3 nitrogen and oxygen atoms in total. The van der Waals surface area contributed by atoms with Crippen molar-refractivity contribution in [2.45, 2.75) is 0 Å². The summed E-state index contributed by atoms with van der Waals surface area (Å²) in [5, 5.41) is 1.90. The summed E-state index contributed by atoms with van der Waals surface area (Å²) in [5.74, 6) is 0.782. The number of nitrogens with zero attached hydrogens (tertiary/aromatic N) is 1. The van der Waals surface area contributed by atoms with Gasteiger partial charge in [-0.3, -0.25) is 9.36 Å². The van der Waals surface area contributed by atoms with Crippen molar-refractivity contribution in [3.05, 3.63) is 70.6 Å². The molecule has 4 heteroatoms. The minimum Gasteiger partial charge on any atom is -0.465 e. The van der Waals surface area contributed by atoms with Gasteiger partial charge in [0.1, 0.15) is 5.76 Å². The molecule has 0 unspecified atom stereocenters. The number of carbonyl (C=O) groups is 1. The number of aromatic nitrogens is 1. The molecule has 3 aromatic heterocycles. The molecule has 0 N–H and O–H groups in total. The van der Waals surface area contributed by atoms with E-state index < -0.39 is 0 Å². The van der Waals surface area contributed by atoms with E-state index in [1.165, 1.54) is 11.3 Å². The Balaban J connectivity index is 1.78. The van der Waals surface area contributed by atoms with Crippen LogP contribution in [-0.2, 0) is 0 Å². The number of thiophene rings is 1. The highest BCUT2D eigenvalue weighted by Crippen LogP contribution is 2.14. The van der Waals surface area contributed by atoms with Crippen LogP contribution in [-0.4, -0.2) is 10.5 Å².